The van der Waals surface area contributed by atoms with Crippen molar-refractivity contribution in [3.8, 4) is 11.4 Å². The molecule has 1 fully saturated rings. The predicted octanol–water partition coefficient (Wildman–Crippen LogP) is 1.62. The Kier molecular flexibility index (Phi) is 8.21. The smallest absolute Gasteiger partial charge is 0.303 e. The van der Waals surface area contributed by atoms with Gasteiger partial charge in [0.25, 0.3) is 0 Å². The van der Waals surface area contributed by atoms with E-state index in [1.165, 1.54) is 25.4 Å². The summed E-state index contributed by atoms with van der Waals surface area (Å²) in [7, 11) is 0. The highest BCUT2D eigenvalue weighted by Crippen LogP contribution is 2.38. The van der Waals surface area contributed by atoms with Crippen LogP contribution in [0.1, 0.15) is 20.8 Å². The lowest BCUT2D eigenvalue weighted by Gasteiger charge is -2.23. The van der Waals surface area contributed by atoms with Gasteiger partial charge in [0.05, 0.1) is 0 Å². The molecule has 3 rings (SSSR count). The van der Waals surface area contributed by atoms with Crippen LogP contribution in [-0.2, 0) is 33.3 Å². The van der Waals surface area contributed by atoms with Gasteiger partial charge in [-0.15, -0.1) is 22.0 Å². The minimum atomic E-state index is -0.992. The molecule has 0 amide bonds. The molecule has 4 atom stereocenters. The molecule has 1 aromatic carbocycles. The summed E-state index contributed by atoms with van der Waals surface area (Å²) in [5.41, 5.74) is -0.0461. The molecule has 2 aromatic rings. The fourth-order valence-electron chi connectivity index (χ4n) is 3.25. The first-order chi connectivity index (χ1) is 15.7. The van der Waals surface area contributed by atoms with Crippen LogP contribution < -0.4 is 5.84 Å². The van der Waals surface area contributed by atoms with Crippen LogP contribution >= 0.6 is 23.5 Å². The van der Waals surface area contributed by atoms with Gasteiger partial charge in [-0.1, -0.05) is 12.1 Å². The van der Waals surface area contributed by atoms with Gasteiger partial charge in [0.15, 0.2) is 23.5 Å². The van der Waals surface area contributed by atoms with Gasteiger partial charge in [-0.3, -0.25) is 14.4 Å². The van der Waals surface area contributed by atoms with E-state index in [0.29, 0.717) is 5.82 Å². The third-order valence-electron chi connectivity index (χ3n) is 4.56. The first-order valence-corrected chi connectivity index (χ1v) is 12.0. The molecule has 1 aliphatic rings. The van der Waals surface area contributed by atoms with Gasteiger partial charge < -0.3 is 24.8 Å². The Bertz CT molecular complexity index is 1030. The number of benzene rings is 1. The van der Waals surface area contributed by atoms with Crippen molar-refractivity contribution in [1.29, 1.82) is 0 Å². The van der Waals surface area contributed by atoms with Crippen LogP contribution in [-0.4, -0.2) is 69.4 Å². The summed E-state index contributed by atoms with van der Waals surface area (Å²) >= 11 is 2.60. The SMILES string of the molecule is CSc1ccccc1-c1nnc(S[C@@H]2O[C@H](COC(C)=O)[C@@H](OC(C)=O)[C@H]2OC(C)=O)n1N. The van der Waals surface area contributed by atoms with E-state index >= 15 is 0 Å². The second kappa shape index (κ2) is 10.9. The van der Waals surface area contributed by atoms with E-state index in [-0.39, 0.29) is 11.8 Å². The number of esters is 3. The Labute approximate surface area is 198 Å². The van der Waals surface area contributed by atoms with Gasteiger partial charge >= 0.3 is 17.9 Å². The van der Waals surface area contributed by atoms with E-state index in [2.05, 4.69) is 10.2 Å². The van der Waals surface area contributed by atoms with Crippen LogP contribution in [0.3, 0.4) is 0 Å². The molecule has 0 spiro atoms. The minimum absolute atomic E-state index is 0.191. The number of rotatable bonds is 8. The Morgan fingerprint density at radius 1 is 1.06 bits per heavy atom. The van der Waals surface area contributed by atoms with Crippen LogP contribution in [0.4, 0.5) is 0 Å². The van der Waals surface area contributed by atoms with Crippen LogP contribution in [0.5, 0.6) is 0 Å². The van der Waals surface area contributed by atoms with E-state index in [4.69, 9.17) is 24.8 Å². The maximum atomic E-state index is 11.8. The zero-order chi connectivity index (χ0) is 24.1. The van der Waals surface area contributed by atoms with Gasteiger partial charge in [-0.05, 0) is 30.2 Å². The second-order valence-corrected chi connectivity index (χ2v) is 8.90. The highest BCUT2D eigenvalue weighted by molar-refractivity contribution is 7.99. The molecule has 2 heterocycles. The lowest BCUT2D eigenvalue weighted by Crippen LogP contribution is -2.40. The molecule has 13 heteroatoms. The molecule has 178 valence electrons. The number of hydrogen-bond donors (Lipinski definition) is 1. The summed E-state index contributed by atoms with van der Waals surface area (Å²) in [6.07, 6.45) is -0.893. The van der Waals surface area contributed by atoms with Crippen molar-refractivity contribution >= 4 is 41.4 Å². The average molecular weight is 497 g/mol. The highest BCUT2D eigenvalue weighted by Gasteiger charge is 2.50. The topological polar surface area (TPSA) is 145 Å². The van der Waals surface area contributed by atoms with Gasteiger partial charge in [0, 0.05) is 31.2 Å². The van der Waals surface area contributed by atoms with Gasteiger partial charge in [-0.25, -0.2) is 4.68 Å². The third-order valence-corrected chi connectivity index (χ3v) is 6.45. The number of hydrogen-bond acceptors (Lipinski definition) is 12. The number of carbonyl (C=O) groups is 3. The van der Waals surface area contributed by atoms with E-state index < -0.39 is 41.7 Å². The molecular formula is C20H24N4O7S2. The lowest BCUT2D eigenvalue weighted by molar-refractivity contribution is -0.165. The Balaban J connectivity index is 1.89. The first-order valence-electron chi connectivity index (χ1n) is 9.85. The molecule has 0 saturated carbocycles. The Hall–Kier alpha value is -2.77. The van der Waals surface area contributed by atoms with Crippen LogP contribution in [0, 0.1) is 0 Å². The maximum absolute atomic E-state index is 11.8. The van der Waals surface area contributed by atoms with Crippen molar-refractivity contribution < 1.29 is 33.3 Å². The van der Waals surface area contributed by atoms with Crippen LogP contribution in [0.25, 0.3) is 11.4 Å². The lowest BCUT2D eigenvalue weighted by atomic mass is 10.1. The zero-order valence-electron chi connectivity index (χ0n) is 18.4. The number of aromatic nitrogens is 3. The monoisotopic (exact) mass is 496 g/mol. The molecular weight excluding hydrogens is 472 g/mol. The fourth-order valence-corrected chi connectivity index (χ4v) is 4.88. The molecule has 33 heavy (non-hydrogen) atoms. The quantitative estimate of drug-likeness (QED) is 0.245. The molecule has 1 aromatic heterocycles. The van der Waals surface area contributed by atoms with Crippen molar-refractivity contribution in [2.24, 2.45) is 0 Å². The normalized spacial score (nSPS) is 22.1. The minimum Gasteiger partial charge on any atom is -0.463 e. The third kappa shape index (κ3) is 5.97. The van der Waals surface area contributed by atoms with E-state index in [0.717, 1.165) is 22.2 Å². The second-order valence-electron chi connectivity index (χ2n) is 6.99. The van der Waals surface area contributed by atoms with Gasteiger partial charge in [-0.2, -0.15) is 0 Å². The number of nitrogen functional groups attached to an aromatic ring is 1. The van der Waals surface area contributed by atoms with E-state index in [1.54, 1.807) is 11.8 Å². The molecule has 1 aliphatic heterocycles. The fraction of sp³-hybridized carbons (Fsp3) is 0.450. The summed E-state index contributed by atoms with van der Waals surface area (Å²) in [4.78, 5) is 35.7. The molecule has 0 bridgehead atoms. The summed E-state index contributed by atoms with van der Waals surface area (Å²) in [5, 5.41) is 8.65. The van der Waals surface area contributed by atoms with Crippen molar-refractivity contribution in [2.75, 3.05) is 18.7 Å². The van der Waals surface area contributed by atoms with Crippen molar-refractivity contribution in [2.45, 2.75) is 54.6 Å². The van der Waals surface area contributed by atoms with Gasteiger partial charge in [0.1, 0.15) is 12.7 Å². The van der Waals surface area contributed by atoms with Gasteiger partial charge in [0.2, 0.25) is 5.16 Å². The largest absolute Gasteiger partial charge is 0.463 e. The summed E-state index contributed by atoms with van der Waals surface area (Å²) in [6.45, 7) is 3.51. The standard InChI is InChI=1S/C20H24N4O7S2/c1-10(25)28-9-14-16(29-11(2)26)17(30-12(3)27)19(31-14)33-20-23-22-18(24(20)21)13-7-5-6-8-15(13)32-4/h5-8,14,16-17,19H,9,21H2,1-4H3/t14-,16-,17-,19+/m1/s1. The zero-order valence-corrected chi connectivity index (χ0v) is 20.1. The number of carbonyl (C=O) groups excluding carboxylic acids is 3. The Morgan fingerprint density at radius 3 is 2.36 bits per heavy atom. The van der Waals surface area contributed by atoms with Crippen LogP contribution in [0.15, 0.2) is 34.3 Å². The van der Waals surface area contributed by atoms with Crippen LogP contribution in [0.2, 0.25) is 0 Å². The number of nitrogens with two attached hydrogens (primary N) is 1. The first kappa shape index (κ1) is 24.9. The highest BCUT2D eigenvalue weighted by atomic mass is 32.2. The number of nitrogens with zero attached hydrogens (tertiary/aromatic N) is 3. The predicted molar refractivity (Wildman–Crippen MR) is 120 cm³/mol. The molecule has 0 radical (unpaired) electrons. The van der Waals surface area contributed by atoms with Crippen molar-refractivity contribution in [1.82, 2.24) is 14.9 Å². The summed E-state index contributed by atoms with van der Waals surface area (Å²) in [6, 6.07) is 7.61. The molecule has 0 unspecified atom stereocenters. The summed E-state index contributed by atoms with van der Waals surface area (Å²) in [5.74, 6) is 5.00. The summed E-state index contributed by atoms with van der Waals surface area (Å²) < 4.78 is 23.1. The number of thioether (sulfide) groups is 2. The molecule has 2 N–H and O–H groups in total. The average Bonchev–Trinajstić information content (AvgIpc) is 3.26. The van der Waals surface area contributed by atoms with Crippen molar-refractivity contribution in [3.63, 3.8) is 0 Å². The molecule has 1 saturated heterocycles. The Morgan fingerprint density at radius 2 is 1.73 bits per heavy atom. The number of ether oxygens (including phenoxy) is 4. The van der Waals surface area contributed by atoms with E-state index in [1.807, 2.05) is 30.5 Å². The molecule has 0 aliphatic carbocycles. The van der Waals surface area contributed by atoms with E-state index in [9.17, 15) is 14.4 Å². The maximum Gasteiger partial charge on any atom is 0.303 e. The van der Waals surface area contributed by atoms with Crippen molar-refractivity contribution in [3.05, 3.63) is 24.3 Å². The molecule has 11 nitrogen and oxygen atoms in total.